The molecule has 3 heteroatoms. The van der Waals surface area contributed by atoms with Crippen LogP contribution >= 0.6 is 0 Å². The summed E-state index contributed by atoms with van der Waals surface area (Å²) < 4.78 is 5.35. The Labute approximate surface area is 98.2 Å². The standard InChI is InChI=1S/C13H22N2O/c1-9-6-12(15(4)11(3)8-14)7-10(2)13(9)16-5/h6-7,11H,8,14H2,1-5H3. The van der Waals surface area contributed by atoms with Crippen LogP contribution in [-0.4, -0.2) is 26.7 Å². The van der Waals surface area contributed by atoms with Gasteiger partial charge in [0, 0.05) is 25.3 Å². The number of anilines is 1. The van der Waals surface area contributed by atoms with Gasteiger partial charge in [-0.2, -0.15) is 0 Å². The van der Waals surface area contributed by atoms with Crippen LogP contribution in [0.1, 0.15) is 18.1 Å². The van der Waals surface area contributed by atoms with E-state index in [9.17, 15) is 0 Å². The Bertz CT molecular complexity index is 340. The van der Waals surface area contributed by atoms with Gasteiger partial charge >= 0.3 is 0 Å². The average molecular weight is 222 g/mol. The van der Waals surface area contributed by atoms with Gasteiger partial charge in [-0.25, -0.2) is 0 Å². The zero-order valence-corrected chi connectivity index (χ0v) is 10.9. The third-order valence-electron chi connectivity index (χ3n) is 3.06. The number of benzene rings is 1. The second-order valence-corrected chi connectivity index (χ2v) is 4.31. The van der Waals surface area contributed by atoms with E-state index in [-0.39, 0.29) is 0 Å². The number of hydrogen-bond donors (Lipinski definition) is 1. The molecule has 90 valence electrons. The van der Waals surface area contributed by atoms with E-state index in [4.69, 9.17) is 10.5 Å². The first-order valence-electron chi connectivity index (χ1n) is 5.59. The third-order valence-corrected chi connectivity index (χ3v) is 3.06. The first kappa shape index (κ1) is 12.8. The van der Waals surface area contributed by atoms with Crippen molar-refractivity contribution in [2.45, 2.75) is 26.8 Å². The molecule has 1 rings (SSSR count). The molecular formula is C13H22N2O. The molecule has 0 aliphatic carbocycles. The summed E-state index contributed by atoms with van der Waals surface area (Å²) in [6, 6.07) is 4.61. The summed E-state index contributed by atoms with van der Waals surface area (Å²) in [5, 5.41) is 0. The maximum absolute atomic E-state index is 5.68. The molecule has 0 fully saturated rings. The highest BCUT2D eigenvalue weighted by atomic mass is 16.5. The minimum atomic E-state index is 0.340. The molecule has 1 atom stereocenters. The molecule has 0 saturated heterocycles. The molecule has 0 bridgehead atoms. The molecule has 0 radical (unpaired) electrons. The third kappa shape index (κ3) is 2.47. The lowest BCUT2D eigenvalue weighted by molar-refractivity contribution is 0.408. The van der Waals surface area contributed by atoms with Crippen molar-refractivity contribution in [2.75, 3.05) is 25.6 Å². The second-order valence-electron chi connectivity index (χ2n) is 4.31. The summed E-state index contributed by atoms with van der Waals surface area (Å²) in [6.07, 6.45) is 0. The molecule has 1 unspecified atom stereocenters. The van der Waals surface area contributed by atoms with E-state index in [1.54, 1.807) is 7.11 Å². The molecule has 3 nitrogen and oxygen atoms in total. The van der Waals surface area contributed by atoms with Crippen molar-refractivity contribution in [2.24, 2.45) is 5.73 Å². The number of rotatable bonds is 4. The molecule has 0 aliphatic rings. The van der Waals surface area contributed by atoms with Crippen molar-refractivity contribution >= 4 is 5.69 Å². The molecule has 16 heavy (non-hydrogen) atoms. The average Bonchev–Trinajstić information content (AvgIpc) is 2.26. The predicted molar refractivity (Wildman–Crippen MR) is 69.4 cm³/mol. The van der Waals surface area contributed by atoms with Crippen molar-refractivity contribution in [3.63, 3.8) is 0 Å². The Balaban J connectivity index is 3.08. The van der Waals surface area contributed by atoms with Crippen LogP contribution in [0, 0.1) is 13.8 Å². The molecule has 0 heterocycles. The van der Waals surface area contributed by atoms with Gasteiger partial charge in [0.15, 0.2) is 0 Å². The Kier molecular flexibility index (Phi) is 4.19. The number of methoxy groups -OCH3 is 1. The summed E-state index contributed by atoms with van der Waals surface area (Å²) in [4.78, 5) is 2.19. The van der Waals surface area contributed by atoms with Crippen molar-refractivity contribution < 1.29 is 4.74 Å². The Morgan fingerprint density at radius 2 is 1.81 bits per heavy atom. The number of nitrogens with zero attached hydrogens (tertiary/aromatic N) is 1. The minimum absolute atomic E-state index is 0.340. The minimum Gasteiger partial charge on any atom is -0.496 e. The highest BCUT2D eigenvalue weighted by molar-refractivity contribution is 5.56. The van der Waals surface area contributed by atoms with Crippen molar-refractivity contribution in [1.29, 1.82) is 0 Å². The van der Waals surface area contributed by atoms with Gasteiger partial charge < -0.3 is 15.4 Å². The van der Waals surface area contributed by atoms with Gasteiger partial charge in [-0.15, -0.1) is 0 Å². The molecule has 2 N–H and O–H groups in total. The number of nitrogens with two attached hydrogens (primary N) is 1. The summed E-state index contributed by atoms with van der Waals surface area (Å²) in [7, 11) is 3.78. The lowest BCUT2D eigenvalue weighted by Crippen LogP contribution is -2.35. The van der Waals surface area contributed by atoms with Gasteiger partial charge in [-0.3, -0.25) is 0 Å². The summed E-state index contributed by atoms with van der Waals surface area (Å²) in [5.41, 5.74) is 9.19. The van der Waals surface area contributed by atoms with Crippen LogP contribution in [0.15, 0.2) is 12.1 Å². The monoisotopic (exact) mass is 222 g/mol. The summed E-state index contributed by atoms with van der Waals surface area (Å²) in [5.74, 6) is 0.970. The van der Waals surface area contributed by atoms with Gasteiger partial charge in [0.05, 0.1) is 7.11 Å². The quantitative estimate of drug-likeness (QED) is 0.848. The van der Waals surface area contributed by atoms with Gasteiger partial charge in [-0.05, 0) is 44.0 Å². The topological polar surface area (TPSA) is 38.5 Å². The van der Waals surface area contributed by atoms with E-state index < -0.39 is 0 Å². The molecule has 0 amide bonds. The van der Waals surface area contributed by atoms with E-state index in [2.05, 4.69) is 44.9 Å². The molecule has 1 aromatic carbocycles. The molecule has 0 aromatic heterocycles. The molecule has 0 aliphatic heterocycles. The Hall–Kier alpha value is -1.22. The normalized spacial score (nSPS) is 12.4. The SMILES string of the molecule is COc1c(C)cc(N(C)C(C)CN)cc1C. The van der Waals surface area contributed by atoms with E-state index in [0.29, 0.717) is 12.6 Å². The Morgan fingerprint density at radius 1 is 1.31 bits per heavy atom. The van der Waals surface area contributed by atoms with Crippen molar-refractivity contribution in [3.05, 3.63) is 23.3 Å². The van der Waals surface area contributed by atoms with E-state index >= 15 is 0 Å². The Morgan fingerprint density at radius 3 is 2.19 bits per heavy atom. The fraction of sp³-hybridized carbons (Fsp3) is 0.538. The zero-order valence-electron chi connectivity index (χ0n) is 10.9. The molecule has 0 saturated carbocycles. The van der Waals surface area contributed by atoms with Crippen LogP contribution in [0.2, 0.25) is 0 Å². The summed E-state index contributed by atoms with van der Waals surface area (Å²) >= 11 is 0. The van der Waals surface area contributed by atoms with Crippen LogP contribution < -0.4 is 15.4 Å². The second kappa shape index (κ2) is 5.21. The first-order chi connectivity index (χ1) is 7.51. The highest BCUT2D eigenvalue weighted by Gasteiger charge is 2.11. The molecule has 1 aromatic rings. The van der Waals surface area contributed by atoms with Crippen LogP contribution in [-0.2, 0) is 0 Å². The van der Waals surface area contributed by atoms with E-state index in [1.165, 1.54) is 5.69 Å². The smallest absolute Gasteiger partial charge is 0.124 e. The van der Waals surface area contributed by atoms with Gasteiger partial charge in [0.1, 0.15) is 5.75 Å². The lowest BCUT2D eigenvalue weighted by atomic mass is 10.1. The molecule has 0 spiro atoms. The van der Waals surface area contributed by atoms with Gasteiger partial charge in [0.25, 0.3) is 0 Å². The van der Waals surface area contributed by atoms with E-state index in [1.807, 2.05) is 0 Å². The largest absolute Gasteiger partial charge is 0.496 e. The lowest BCUT2D eigenvalue weighted by Gasteiger charge is -2.27. The fourth-order valence-electron chi connectivity index (χ4n) is 1.87. The van der Waals surface area contributed by atoms with Crippen LogP contribution in [0.3, 0.4) is 0 Å². The number of aryl methyl sites for hydroxylation is 2. The van der Waals surface area contributed by atoms with Crippen LogP contribution in [0.5, 0.6) is 5.75 Å². The number of hydrogen-bond acceptors (Lipinski definition) is 3. The summed E-state index contributed by atoms with van der Waals surface area (Å²) in [6.45, 7) is 6.90. The predicted octanol–water partition coefficient (Wildman–Crippen LogP) is 2.10. The number of likely N-dealkylation sites (N-methyl/N-ethyl adjacent to an activating group) is 1. The zero-order chi connectivity index (χ0) is 12.3. The maximum atomic E-state index is 5.68. The van der Waals surface area contributed by atoms with Gasteiger partial charge in [-0.1, -0.05) is 0 Å². The van der Waals surface area contributed by atoms with Crippen molar-refractivity contribution in [3.8, 4) is 5.75 Å². The fourth-order valence-corrected chi connectivity index (χ4v) is 1.87. The van der Waals surface area contributed by atoms with Gasteiger partial charge in [0.2, 0.25) is 0 Å². The van der Waals surface area contributed by atoms with Crippen molar-refractivity contribution in [1.82, 2.24) is 0 Å². The first-order valence-corrected chi connectivity index (χ1v) is 5.59. The van der Waals surface area contributed by atoms with Crippen LogP contribution in [0.4, 0.5) is 5.69 Å². The van der Waals surface area contributed by atoms with E-state index in [0.717, 1.165) is 16.9 Å². The number of ether oxygens (including phenoxy) is 1. The molecular weight excluding hydrogens is 200 g/mol. The highest BCUT2D eigenvalue weighted by Crippen LogP contribution is 2.28. The maximum Gasteiger partial charge on any atom is 0.124 e. The van der Waals surface area contributed by atoms with Crippen LogP contribution in [0.25, 0.3) is 0 Å².